The molecule has 1 aromatic carbocycles. The van der Waals surface area contributed by atoms with E-state index in [1.54, 1.807) is 6.92 Å². The molecule has 0 radical (unpaired) electrons. The van der Waals surface area contributed by atoms with Gasteiger partial charge in [-0.25, -0.2) is 8.78 Å². The van der Waals surface area contributed by atoms with Crippen LogP contribution in [0.1, 0.15) is 18.5 Å². The molecule has 0 bridgehead atoms. The van der Waals surface area contributed by atoms with Crippen molar-refractivity contribution in [1.29, 1.82) is 0 Å². The number of nitrogens with two attached hydrogens (primary N) is 1. The summed E-state index contributed by atoms with van der Waals surface area (Å²) in [7, 11) is 0. The van der Waals surface area contributed by atoms with Gasteiger partial charge in [0.2, 0.25) is 0 Å². The Morgan fingerprint density at radius 2 is 1.92 bits per heavy atom. The fraction of sp³-hybridized carbons (Fsp3) is 0.250. The average Bonchev–Trinajstić information content (AvgIpc) is 1.94. The van der Waals surface area contributed by atoms with Gasteiger partial charge in [-0.2, -0.15) is 0 Å². The van der Waals surface area contributed by atoms with E-state index >= 15 is 0 Å². The van der Waals surface area contributed by atoms with E-state index in [0.717, 1.165) is 6.07 Å². The molecular weight excluding hydrogens is 184 g/mol. The molecule has 1 aromatic rings. The predicted molar refractivity (Wildman–Crippen MR) is 46.2 cm³/mol. The zero-order chi connectivity index (χ0) is 8.43. The Kier molecular flexibility index (Phi) is 4.13. The second kappa shape index (κ2) is 4.38. The van der Waals surface area contributed by atoms with Gasteiger partial charge in [-0.15, -0.1) is 12.4 Å². The van der Waals surface area contributed by atoms with Crippen LogP contribution in [-0.2, 0) is 0 Å². The van der Waals surface area contributed by atoms with Crippen molar-refractivity contribution in [3.05, 3.63) is 35.4 Å². The molecule has 1 atom stereocenters. The van der Waals surface area contributed by atoms with Crippen molar-refractivity contribution in [1.82, 2.24) is 0 Å². The number of halogens is 3. The molecule has 0 spiro atoms. The topological polar surface area (TPSA) is 26.0 Å². The molecule has 68 valence electrons. The molecule has 0 aromatic heterocycles. The lowest BCUT2D eigenvalue weighted by Gasteiger charge is -2.06. The van der Waals surface area contributed by atoms with E-state index < -0.39 is 17.7 Å². The van der Waals surface area contributed by atoms with E-state index in [1.807, 2.05) is 0 Å². The molecule has 0 saturated carbocycles. The number of rotatable bonds is 1. The fourth-order valence-electron chi connectivity index (χ4n) is 0.872. The smallest absolute Gasteiger partial charge is 0.163 e. The van der Waals surface area contributed by atoms with Crippen molar-refractivity contribution >= 4 is 12.4 Å². The van der Waals surface area contributed by atoms with Gasteiger partial charge in [0.1, 0.15) is 0 Å². The van der Waals surface area contributed by atoms with E-state index in [0.29, 0.717) is 0 Å². The Morgan fingerprint density at radius 1 is 1.33 bits per heavy atom. The highest BCUT2D eigenvalue weighted by molar-refractivity contribution is 5.85. The molecule has 0 fully saturated rings. The minimum atomic E-state index is -0.847. The summed E-state index contributed by atoms with van der Waals surface area (Å²) in [6, 6.07) is 3.52. The lowest BCUT2D eigenvalue weighted by Crippen LogP contribution is -2.08. The van der Waals surface area contributed by atoms with Crippen molar-refractivity contribution in [3.63, 3.8) is 0 Å². The molecule has 0 saturated heterocycles. The van der Waals surface area contributed by atoms with Crippen molar-refractivity contribution in [2.24, 2.45) is 5.73 Å². The Morgan fingerprint density at radius 3 is 2.33 bits per heavy atom. The second-order valence-corrected chi connectivity index (χ2v) is 2.43. The van der Waals surface area contributed by atoms with Crippen LogP contribution in [-0.4, -0.2) is 0 Å². The first-order valence-corrected chi connectivity index (χ1v) is 3.32. The number of benzene rings is 1. The maximum atomic E-state index is 12.8. The summed E-state index contributed by atoms with van der Waals surface area (Å²) in [6.07, 6.45) is 0. The first-order chi connectivity index (χ1) is 5.13. The SMILES string of the molecule is CC(N)c1cccc(F)c1F.Cl. The molecule has 4 heteroatoms. The third-order valence-electron chi connectivity index (χ3n) is 1.47. The van der Waals surface area contributed by atoms with Crippen LogP contribution in [0.3, 0.4) is 0 Å². The fourth-order valence-corrected chi connectivity index (χ4v) is 0.872. The zero-order valence-electron chi connectivity index (χ0n) is 6.55. The summed E-state index contributed by atoms with van der Waals surface area (Å²) in [5, 5.41) is 0. The van der Waals surface area contributed by atoms with Crippen LogP contribution in [0.5, 0.6) is 0 Å². The summed E-state index contributed by atoms with van der Waals surface area (Å²) in [4.78, 5) is 0. The Balaban J connectivity index is 0.00000121. The summed E-state index contributed by atoms with van der Waals surface area (Å²) in [6.45, 7) is 1.61. The van der Waals surface area contributed by atoms with Gasteiger partial charge >= 0.3 is 0 Å². The van der Waals surface area contributed by atoms with Crippen molar-refractivity contribution in [2.45, 2.75) is 13.0 Å². The molecule has 1 unspecified atom stereocenters. The zero-order valence-corrected chi connectivity index (χ0v) is 7.37. The van der Waals surface area contributed by atoms with Crippen LogP contribution in [0.25, 0.3) is 0 Å². The first kappa shape index (κ1) is 11.3. The highest BCUT2D eigenvalue weighted by Crippen LogP contribution is 2.16. The van der Waals surface area contributed by atoms with E-state index in [4.69, 9.17) is 5.73 Å². The third-order valence-corrected chi connectivity index (χ3v) is 1.47. The minimum absolute atomic E-state index is 0. The normalized spacial score (nSPS) is 12.0. The lowest BCUT2D eigenvalue weighted by molar-refractivity contribution is 0.492. The molecule has 12 heavy (non-hydrogen) atoms. The molecule has 2 N–H and O–H groups in total. The van der Waals surface area contributed by atoms with Crippen LogP contribution in [0.2, 0.25) is 0 Å². The van der Waals surface area contributed by atoms with Crippen LogP contribution >= 0.6 is 12.4 Å². The van der Waals surface area contributed by atoms with E-state index in [-0.39, 0.29) is 18.0 Å². The lowest BCUT2D eigenvalue weighted by atomic mass is 10.1. The minimum Gasteiger partial charge on any atom is -0.324 e. The standard InChI is InChI=1S/C8H9F2N.ClH/c1-5(11)6-3-2-4-7(9)8(6)10;/h2-5H,11H2,1H3;1H. The van der Waals surface area contributed by atoms with E-state index in [2.05, 4.69) is 0 Å². The monoisotopic (exact) mass is 193 g/mol. The van der Waals surface area contributed by atoms with E-state index in [9.17, 15) is 8.78 Å². The molecule has 0 aliphatic rings. The highest BCUT2D eigenvalue weighted by Gasteiger charge is 2.09. The summed E-state index contributed by atoms with van der Waals surface area (Å²) in [5.41, 5.74) is 5.59. The summed E-state index contributed by atoms with van der Waals surface area (Å²) in [5.74, 6) is -1.69. The van der Waals surface area contributed by atoms with Gasteiger partial charge in [0, 0.05) is 11.6 Å². The Bertz CT molecular complexity index is 263. The Hall–Kier alpha value is -0.670. The van der Waals surface area contributed by atoms with Crippen molar-refractivity contribution in [3.8, 4) is 0 Å². The number of hydrogen-bond donors (Lipinski definition) is 1. The molecule has 0 heterocycles. The molecule has 1 nitrogen and oxygen atoms in total. The second-order valence-electron chi connectivity index (χ2n) is 2.43. The van der Waals surface area contributed by atoms with E-state index in [1.165, 1.54) is 12.1 Å². The van der Waals surface area contributed by atoms with Crippen LogP contribution < -0.4 is 5.73 Å². The van der Waals surface area contributed by atoms with Gasteiger partial charge in [-0.3, -0.25) is 0 Å². The first-order valence-electron chi connectivity index (χ1n) is 3.32. The van der Waals surface area contributed by atoms with Gasteiger partial charge in [0.15, 0.2) is 11.6 Å². The van der Waals surface area contributed by atoms with Gasteiger partial charge in [-0.05, 0) is 13.0 Å². The van der Waals surface area contributed by atoms with Gasteiger partial charge in [-0.1, -0.05) is 12.1 Å². The predicted octanol–water partition coefficient (Wildman–Crippen LogP) is 2.41. The largest absolute Gasteiger partial charge is 0.324 e. The molecule has 0 aliphatic carbocycles. The van der Waals surface area contributed by atoms with Crippen LogP contribution in [0, 0.1) is 11.6 Å². The van der Waals surface area contributed by atoms with Crippen LogP contribution in [0.15, 0.2) is 18.2 Å². The molecule has 0 amide bonds. The maximum absolute atomic E-state index is 12.8. The third kappa shape index (κ3) is 2.16. The highest BCUT2D eigenvalue weighted by atomic mass is 35.5. The Labute approximate surface area is 76.0 Å². The quantitative estimate of drug-likeness (QED) is 0.728. The molecule has 0 aliphatic heterocycles. The molecule has 1 rings (SSSR count). The maximum Gasteiger partial charge on any atom is 0.163 e. The van der Waals surface area contributed by atoms with Gasteiger partial charge < -0.3 is 5.73 Å². The summed E-state index contributed by atoms with van der Waals surface area (Å²) >= 11 is 0. The van der Waals surface area contributed by atoms with Gasteiger partial charge in [0.25, 0.3) is 0 Å². The van der Waals surface area contributed by atoms with Gasteiger partial charge in [0.05, 0.1) is 0 Å². The van der Waals surface area contributed by atoms with Crippen LogP contribution in [0.4, 0.5) is 8.78 Å². The van der Waals surface area contributed by atoms with Crippen molar-refractivity contribution < 1.29 is 8.78 Å². The van der Waals surface area contributed by atoms with Crippen molar-refractivity contribution in [2.75, 3.05) is 0 Å². The molecular formula is C8H10ClF2N. The number of hydrogen-bond acceptors (Lipinski definition) is 1. The summed E-state index contributed by atoms with van der Waals surface area (Å²) < 4.78 is 25.3. The average molecular weight is 194 g/mol.